The zero-order valence-corrected chi connectivity index (χ0v) is 22.0. The van der Waals surface area contributed by atoms with Crippen molar-refractivity contribution in [3.63, 3.8) is 0 Å². The van der Waals surface area contributed by atoms with Gasteiger partial charge in [-0.05, 0) is 32.1 Å². The fourth-order valence-electron chi connectivity index (χ4n) is 3.43. The molecule has 0 aromatic rings. The van der Waals surface area contributed by atoms with Crippen LogP contribution in [0.5, 0.6) is 0 Å². The second kappa shape index (κ2) is 26.0. The average molecular weight is 505 g/mol. The van der Waals surface area contributed by atoms with Crippen molar-refractivity contribution < 1.29 is 39.4 Å². The van der Waals surface area contributed by atoms with Crippen molar-refractivity contribution in [3.8, 4) is 0 Å². The molecule has 0 fully saturated rings. The third kappa shape index (κ3) is 25.9. The number of hydrogen-bond acceptors (Lipinski definition) is 8. The maximum Gasteiger partial charge on any atom is 0.305 e. The predicted octanol–water partition coefficient (Wildman–Crippen LogP) is 3.68. The molecule has 0 bridgehead atoms. The van der Waals surface area contributed by atoms with Crippen LogP contribution < -0.4 is 0 Å². The average Bonchev–Trinajstić information content (AvgIpc) is 2.85. The van der Waals surface area contributed by atoms with E-state index in [1.165, 1.54) is 57.8 Å². The summed E-state index contributed by atoms with van der Waals surface area (Å²) in [5, 5.41) is 37.3. The van der Waals surface area contributed by atoms with E-state index < -0.39 is 24.9 Å². The first-order valence-electron chi connectivity index (χ1n) is 13.6. The Labute approximate surface area is 212 Å². The van der Waals surface area contributed by atoms with Crippen LogP contribution in [0.4, 0.5) is 0 Å². The zero-order chi connectivity index (χ0) is 26.0. The van der Waals surface area contributed by atoms with Gasteiger partial charge in [-0.2, -0.15) is 0 Å². The largest absolute Gasteiger partial charge is 0.463 e. The SMILES string of the molecule is CCCCCCCC/C=C\CCCCCCCC(=O)OCC(O)COCC(O)COCC(O)CO. The molecule has 35 heavy (non-hydrogen) atoms. The summed E-state index contributed by atoms with van der Waals surface area (Å²) in [5.74, 6) is -0.322. The van der Waals surface area contributed by atoms with Crippen LogP contribution in [0.1, 0.15) is 96.8 Å². The summed E-state index contributed by atoms with van der Waals surface area (Å²) in [5.41, 5.74) is 0. The highest BCUT2D eigenvalue weighted by atomic mass is 16.6. The minimum Gasteiger partial charge on any atom is -0.463 e. The van der Waals surface area contributed by atoms with Crippen molar-refractivity contribution in [1.29, 1.82) is 0 Å². The van der Waals surface area contributed by atoms with Gasteiger partial charge in [0.15, 0.2) is 0 Å². The number of aliphatic hydroxyl groups excluding tert-OH is 4. The van der Waals surface area contributed by atoms with Crippen LogP contribution in [0.25, 0.3) is 0 Å². The van der Waals surface area contributed by atoms with E-state index in [0.717, 1.165) is 25.7 Å². The van der Waals surface area contributed by atoms with Crippen molar-refractivity contribution in [2.24, 2.45) is 0 Å². The Balaban J connectivity index is 3.45. The van der Waals surface area contributed by atoms with Gasteiger partial charge < -0.3 is 34.6 Å². The molecular formula is C27H52O8. The van der Waals surface area contributed by atoms with Crippen molar-refractivity contribution >= 4 is 5.97 Å². The summed E-state index contributed by atoms with van der Waals surface area (Å²) in [4.78, 5) is 11.8. The van der Waals surface area contributed by atoms with E-state index in [1.807, 2.05) is 0 Å². The van der Waals surface area contributed by atoms with Crippen molar-refractivity contribution in [2.45, 2.75) is 115 Å². The third-order valence-electron chi connectivity index (χ3n) is 5.53. The van der Waals surface area contributed by atoms with E-state index in [0.29, 0.717) is 6.42 Å². The third-order valence-corrected chi connectivity index (χ3v) is 5.53. The Kier molecular flexibility index (Phi) is 25.3. The number of carbonyl (C=O) groups excluding carboxylic acids is 1. The van der Waals surface area contributed by atoms with Gasteiger partial charge in [0, 0.05) is 6.42 Å². The smallest absolute Gasteiger partial charge is 0.305 e. The quantitative estimate of drug-likeness (QED) is 0.0799. The minimum absolute atomic E-state index is 0.0574. The van der Waals surface area contributed by atoms with Gasteiger partial charge in [0.1, 0.15) is 24.9 Å². The summed E-state index contributed by atoms with van der Waals surface area (Å²) in [6.07, 6.45) is 17.8. The molecule has 0 rings (SSSR count). The molecule has 8 heteroatoms. The van der Waals surface area contributed by atoms with Gasteiger partial charge in [0.25, 0.3) is 0 Å². The molecule has 0 saturated heterocycles. The first kappa shape index (κ1) is 34.0. The van der Waals surface area contributed by atoms with Gasteiger partial charge in [0.2, 0.25) is 0 Å². The highest BCUT2D eigenvalue weighted by Crippen LogP contribution is 2.10. The summed E-state index contributed by atoms with van der Waals surface area (Å²) in [6, 6.07) is 0. The molecular weight excluding hydrogens is 452 g/mol. The fraction of sp³-hybridized carbons (Fsp3) is 0.889. The van der Waals surface area contributed by atoms with Gasteiger partial charge in [0.05, 0.1) is 33.0 Å². The normalized spacial score (nSPS) is 14.3. The molecule has 8 nitrogen and oxygen atoms in total. The zero-order valence-electron chi connectivity index (χ0n) is 22.0. The van der Waals surface area contributed by atoms with Crippen LogP contribution in [-0.2, 0) is 19.0 Å². The Morgan fingerprint density at radius 2 is 1.11 bits per heavy atom. The van der Waals surface area contributed by atoms with Crippen molar-refractivity contribution in [2.75, 3.05) is 39.6 Å². The van der Waals surface area contributed by atoms with Crippen LogP contribution in [0.15, 0.2) is 12.2 Å². The number of ether oxygens (including phenoxy) is 3. The van der Waals surface area contributed by atoms with Gasteiger partial charge >= 0.3 is 5.97 Å². The lowest BCUT2D eigenvalue weighted by molar-refractivity contribution is -0.148. The van der Waals surface area contributed by atoms with E-state index in [2.05, 4.69) is 19.1 Å². The molecule has 0 aliphatic rings. The molecule has 3 atom stereocenters. The van der Waals surface area contributed by atoms with E-state index in [9.17, 15) is 15.0 Å². The molecule has 208 valence electrons. The van der Waals surface area contributed by atoms with E-state index in [-0.39, 0.29) is 39.0 Å². The van der Waals surface area contributed by atoms with Crippen LogP contribution in [-0.4, -0.2) is 84.3 Å². The molecule has 0 aliphatic carbocycles. The Morgan fingerprint density at radius 3 is 1.66 bits per heavy atom. The second-order valence-electron chi connectivity index (χ2n) is 9.24. The highest BCUT2D eigenvalue weighted by Gasteiger charge is 2.12. The lowest BCUT2D eigenvalue weighted by Gasteiger charge is -2.15. The van der Waals surface area contributed by atoms with Gasteiger partial charge in [-0.15, -0.1) is 0 Å². The lowest BCUT2D eigenvalue weighted by Crippen LogP contribution is -2.29. The fourth-order valence-corrected chi connectivity index (χ4v) is 3.43. The van der Waals surface area contributed by atoms with Crippen LogP contribution in [0.2, 0.25) is 0 Å². The van der Waals surface area contributed by atoms with E-state index >= 15 is 0 Å². The number of allylic oxidation sites excluding steroid dienone is 2. The molecule has 0 aromatic heterocycles. The maximum absolute atomic E-state index is 11.8. The summed E-state index contributed by atoms with van der Waals surface area (Å²) in [7, 11) is 0. The summed E-state index contributed by atoms with van der Waals surface area (Å²) >= 11 is 0. The number of esters is 1. The van der Waals surface area contributed by atoms with Crippen molar-refractivity contribution in [1.82, 2.24) is 0 Å². The maximum atomic E-state index is 11.8. The molecule has 0 radical (unpaired) electrons. The summed E-state index contributed by atoms with van der Waals surface area (Å²) in [6.45, 7) is 1.43. The summed E-state index contributed by atoms with van der Waals surface area (Å²) < 4.78 is 15.3. The Hall–Kier alpha value is -1.03. The molecule has 0 heterocycles. The number of aliphatic hydroxyl groups is 4. The standard InChI is InChI=1S/C27H52O8/c1-2-3-4-5-6-7-8-9-10-11-12-13-14-15-16-17-27(32)35-23-26(31)22-34-21-25(30)20-33-19-24(29)18-28/h9-10,24-26,28-31H,2-8,11-23H2,1H3/b10-9-. The monoisotopic (exact) mass is 504 g/mol. The molecule has 0 amide bonds. The van der Waals surface area contributed by atoms with E-state index in [4.69, 9.17) is 24.4 Å². The topological polar surface area (TPSA) is 126 Å². The van der Waals surface area contributed by atoms with Gasteiger partial charge in [-0.25, -0.2) is 0 Å². The van der Waals surface area contributed by atoms with E-state index in [1.54, 1.807) is 0 Å². The number of unbranched alkanes of at least 4 members (excludes halogenated alkanes) is 11. The molecule has 4 N–H and O–H groups in total. The van der Waals surface area contributed by atoms with Crippen LogP contribution in [0, 0.1) is 0 Å². The van der Waals surface area contributed by atoms with Crippen LogP contribution >= 0.6 is 0 Å². The van der Waals surface area contributed by atoms with Gasteiger partial charge in [-0.1, -0.05) is 70.4 Å². The second-order valence-corrected chi connectivity index (χ2v) is 9.24. The highest BCUT2D eigenvalue weighted by molar-refractivity contribution is 5.69. The first-order valence-corrected chi connectivity index (χ1v) is 13.6. The predicted molar refractivity (Wildman–Crippen MR) is 137 cm³/mol. The van der Waals surface area contributed by atoms with Gasteiger partial charge in [-0.3, -0.25) is 4.79 Å². The molecule has 3 unspecified atom stereocenters. The number of rotatable bonds is 26. The molecule has 0 aromatic carbocycles. The lowest BCUT2D eigenvalue weighted by atomic mass is 10.1. The van der Waals surface area contributed by atoms with Crippen LogP contribution in [0.3, 0.4) is 0 Å². The minimum atomic E-state index is -0.980. The van der Waals surface area contributed by atoms with Crippen molar-refractivity contribution in [3.05, 3.63) is 12.2 Å². The molecule has 0 saturated carbocycles. The molecule has 0 spiro atoms. The Bertz CT molecular complexity index is 486. The first-order chi connectivity index (χ1) is 17.0. The Morgan fingerprint density at radius 1 is 0.657 bits per heavy atom. The molecule has 0 aliphatic heterocycles. The number of hydrogen-bond donors (Lipinski definition) is 4. The number of carbonyl (C=O) groups is 1.